The van der Waals surface area contributed by atoms with Gasteiger partial charge in [-0.15, -0.1) is 0 Å². The van der Waals surface area contributed by atoms with Crippen LogP contribution < -0.4 is 0 Å². The van der Waals surface area contributed by atoms with Gasteiger partial charge in [0.1, 0.15) is 11.4 Å². The largest absolute Gasteiger partial charge is 0.389 e. The standard InChI is InChI=1S/C9H9BrO2/c10-9(8(12)6-11)7-4-2-1-3-5-7/h1-5,9,11H,6H2. The van der Waals surface area contributed by atoms with E-state index in [1.54, 1.807) is 0 Å². The molecule has 0 heterocycles. The Hall–Kier alpha value is -0.670. The monoisotopic (exact) mass is 228 g/mol. The molecular weight excluding hydrogens is 220 g/mol. The van der Waals surface area contributed by atoms with Gasteiger partial charge < -0.3 is 5.11 Å². The molecule has 1 unspecified atom stereocenters. The summed E-state index contributed by atoms with van der Waals surface area (Å²) >= 11 is 3.20. The number of ketones is 1. The molecule has 12 heavy (non-hydrogen) atoms. The van der Waals surface area contributed by atoms with Gasteiger partial charge in [0, 0.05) is 0 Å². The highest BCUT2D eigenvalue weighted by molar-refractivity contribution is 9.09. The highest BCUT2D eigenvalue weighted by atomic mass is 79.9. The smallest absolute Gasteiger partial charge is 0.176 e. The highest BCUT2D eigenvalue weighted by Gasteiger charge is 2.14. The summed E-state index contributed by atoms with van der Waals surface area (Å²) in [5.74, 6) is -0.221. The first-order chi connectivity index (χ1) is 5.75. The van der Waals surface area contributed by atoms with Crippen LogP contribution in [-0.4, -0.2) is 17.5 Å². The lowest BCUT2D eigenvalue weighted by atomic mass is 10.1. The van der Waals surface area contributed by atoms with E-state index in [0.717, 1.165) is 5.56 Å². The zero-order valence-corrected chi connectivity index (χ0v) is 7.99. The summed E-state index contributed by atoms with van der Waals surface area (Å²) in [4.78, 5) is 10.6. The third kappa shape index (κ3) is 2.16. The zero-order valence-electron chi connectivity index (χ0n) is 6.40. The molecule has 0 saturated carbocycles. The minimum absolute atomic E-state index is 0.221. The third-order valence-electron chi connectivity index (χ3n) is 1.53. The molecule has 0 radical (unpaired) electrons. The Labute approximate surface area is 79.3 Å². The number of alkyl halides is 1. The van der Waals surface area contributed by atoms with Crippen LogP contribution in [0.5, 0.6) is 0 Å². The fourth-order valence-electron chi connectivity index (χ4n) is 0.888. The first-order valence-electron chi connectivity index (χ1n) is 3.58. The Morgan fingerprint density at radius 2 is 2.00 bits per heavy atom. The second-order valence-corrected chi connectivity index (χ2v) is 3.31. The number of carbonyl (C=O) groups is 1. The first-order valence-corrected chi connectivity index (χ1v) is 4.50. The van der Waals surface area contributed by atoms with Crippen LogP contribution in [0.4, 0.5) is 0 Å². The van der Waals surface area contributed by atoms with Crippen molar-refractivity contribution in [3.05, 3.63) is 35.9 Å². The van der Waals surface area contributed by atoms with Crippen LogP contribution in [0.25, 0.3) is 0 Å². The summed E-state index contributed by atoms with van der Waals surface area (Å²) in [7, 11) is 0. The maximum Gasteiger partial charge on any atom is 0.176 e. The molecule has 64 valence electrons. The number of rotatable bonds is 3. The lowest BCUT2D eigenvalue weighted by molar-refractivity contribution is -0.121. The van der Waals surface area contributed by atoms with Gasteiger partial charge in [-0.3, -0.25) is 4.79 Å². The van der Waals surface area contributed by atoms with Crippen molar-refractivity contribution in [2.45, 2.75) is 4.83 Å². The molecule has 0 amide bonds. The van der Waals surface area contributed by atoms with Gasteiger partial charge in [0.15, 0.2) is 5.78 Å². The molecule has 0 saturated heterocycles. The number of halogens is 1. The van der Waals surface area contributed by atoms with Crippen molar-refractivity contribution in [2.24, 2.45) is 0 Å². The average Bonchev–Trinajstić information content (AvgIpc) is 2.17. The van der Waals surface area contributed by atoms with E-state index in [1.165, 1.54) is 0 Å². The molecule has 1 aromatic carbocycles. The van der Waals surface area contributed by atoms with E-state index in [0.29, 0.717) is 0 Å². The van der Waals surface area contributed by atoms with Crippen LogP contribution in [-0.2, 0) is 4.79 Å². The van der Waals surface area contributed by atoms with E-state index in [4.69, 9.17) is 5.11 Å². The normalized spacial score (nSPS) is 12.5. The minimum atomic E-state index is -0.426. The maximum absolute atomic E-state index is 11.0. The van der Waals surface area contributed by atoms with Crippen molar-refractivity contribution < 1.29 is 9.90 Å². The van der Waals surface area contributed by atoms with Crippen molar-refractivity contribution in [2.75, 3.05) is 6.61 Å². The molecular formula is C9H9BrO2. The second-order valence-electron chi connectivity index (χ2n) is 2.40. The summed E-state index contributed by atoms with van der Waals surface area (Å²) in [6.07, 6.45) is 0. The van der Waals surface area contributed by atoms with Crippen LogP contribution in [0.2, 0.25) is 0 Å². The summed E-state index contributed by atoms with van der Waals surface area (Å²) in [6.45, 7) is -0.426. The van der Waals surface area contributed by atoms with Crippen LogP contribution >= 0.6 is 15.9 Å². The number of hydrogen-bond donors (Lipinski definition) is 1. The summed E-state index contributed by atoms with van der Waals surface area (Å²) in [6, 6.07) is 9.27. The molecule has 1 aromatic rings. The molecule has 0 spiro atoms. The molecule has 0 aromatic heterocycles. The molecule has 0 aliphatic rings. The summed E-state index contributed by atoms with van der Waals surface area (Å²) in [5.41, 5.74) is 0.872. The van der Waals surface area contributed by atoms with Gasteiger partial charge in [0.05, 0.1) is 0 Å². The van der Waals surface area contributed by atoms with E-state index in [9.17, 15) is 4.79 Å². The number of aliphatic hydroxyl groups excluding tert-OH is 1. The van der Waals surface area contributed by atoms with Gasteiger partial charge in [0.25, 0.3) is 0 Å². The highest BCUT2D eigenvalue weighted by Crippen LogP contribution is 2.22. The van der Waals surface area contributed by atoms with Crippen molar-refractivity contribution in [3.63, 3.8) is 0 Å². The Morgan fingerprint density at radius 1 is 1.42 bits per heavy atom. The van der Waals surface area contributed by atoms with Gasteiger partial charge in [-0.05, 0) is 5.56 Å². The first kappa shape index (κ1) is 9.42. The molecule has 1 atom stereocenters. The Bertz CT molecular complexity index is 258. The zero-order chi connectivity index (χ0) is 8.97. The van der Waals surface area contributed by atoms with Crippen molar-refractivity contribution in [1.29, 1.82) is 0 Å². The molecule has 0 fully saturated rings. The molecule has 3 heteroatoms. The van der Waals surface area contributed by atoms with Crippen LogP contribution in [0, 0.1) is 0 Å². The third-order valence-corrected chi connectivity index (χ3v) is 2.57. The number of Topliss-reactive ketones (excluding diaryl/α,β-unsaturated/α-hetero) is 1. The molecule has 1 rings (SSSR count). The van der Waals surface area contributed by atoms with Gasteiger partial charge in [-0.1, -0.05) is 46.3 Å². The molecule has 0 aliphatic heterocycles. The molecule has 0 bridgehead atoms. The quantitative estimate of drug-likeness (QED) is 0.800. The van der Waals surface area contributed by atoms with Gasteiger partial charge in [-0.2, -0.15) is 0 Å². The SMILES string of the molecule is O=C(CO)C(Br)c1ccccc1. The van der Waals surface area contributed by atoms with E-state index in [-0.39, 0.29) is 10.6 Å². The van der Waals surface area contributed by atoms with E-state index >= 15 is 0 Å². The van der Waals surface area contributed by atoms with E-state index in [2.05, 4.69) is 15.9 Å². The van der Waals surface area contributed by atoms with Crippen molar-refractivity contribution in [3.8, 4) is 0 Å². The van der Waals surface area contributed by atoms with Crippen molar-refractivity contribution in [1.82, 2.24) is 0 Å². The van der Waals surface area contributed by atoms with Crippen molar-refractivity contribution >= 4 is 21.7 Å². The van der Waals surface area contributed by atoms with Gasteiger partial charge in [0.2, 0.25) is 0 Å². The Balaban J connectivity index is 2.78. The van der Waals surface area contributed by atoms with Gasteiger partial charge >= 0.3 is 0 Å². The minimum Gasteiger partial charge on any atom is -0.389 e. The maximum atomic E-state index is 11.0. The summed E-state index contributed by atoms with van der Waals surface area (Å²) < 4.78 is 0. The predicted octanol–water partition coefficient (Wildman–Crippen LogP) is 1.68. The summed E-state index contributed by atoms with van der Waals surface area (Å²) in [5, 5.41) is 8.59. The lowest BCUT2D eigenvalue weighted by Crippen LogP contribution is -2.10. The second kappa shape index (κ2) is 4.38. The average molecular weight is 229 g/mol. The Kier molecular flexibility index (Phi) is 3.44. The van der Waals surface area contributed by atoms with Crippen LogP contribution in [0.3, 0.4) is 0 Å². The molecule has 2 nitrogen and oxygen atoms in total. The Morgan fingerprint density at radius 3 is 2.50 bits per heavy atom. The van der Waals surface area contributed by atoms with E-state index < -0.39 is 6.61 Å². The number of carbonyl (C=O) groups excluding carboxylic acids is 1. The number of hydrogen-bond acceptors (Lipinski definition) is 2. The topological polar surface area (TPSA) is 37.3 Å². The lowest BCUT2D eigenvalue weighted by Gasteiger charge is -2.05. The van der Waals surface area contributed by atoms with Crippen LogP contribution in [0.15, 0.2) is 30.3 Å². The predicted molar refractivity (Wildman–Crippen MR) is 50.2 cm³/mol. The van der Waals surface area contributed by atoms with Crippen LogP contribution in [0.1, 0.15) is 10.4 Å². The fourth-order valence-corrected chi connectivity index (χ4v) is 1.34. The number of aliphatic hydroxyl groups is 1. The number of benzene rings is 1. The fraction of sp³-hybridized carbons (Fsp3) is 0.222. The van der Waals surface area contributed by atoms with E-state index in [1.807, 2.05) is 30.3 Å². The molecule has 0 aliphatic carbocycles. The molecule has 1 N–H and O–H groups in total. The van der Waals surface area contributed by atoms with Gasteiger partial charge in [-0.25, -0.2) is 0 Å².